The predicted molar refractivity (Wildman–Crippen MR) is 154 cm³/mol. The first kappa shape index (κ1) is 30.2. The van der Waals surface area contributed by atoms with Gasteiger partial charge in [0.15, 0.2) is 0 Å². The van der Waals surface area contributed by atoms with Gasteiger partial charge in [0, 0.05) is 18.2 Å². The summed E-state index contributed by atoms with van der Waals surface area (Å²) in [5, 5.41) is 3.01. The Labute approximate surface area is 240 Å². The quantitative estimate of drug-likeness (QED) is 0.349. The van der Waals surface area contributed by atoms with Crippen molar-refractivity contribution in [3.05, 3.63) is 95.6 Å². The van der Waals surface area contributed by atoms with Crippen LogP contribution < -0.4 is 9.62 Å². The molecule has 4 rings (SSSR count). The maximum atomic E-state index is 14.7. The average Bonchev–Trinajstić information content (AvgIpc) is 2.96. The number of anilines is 1. The van der Waals surface area contributed by atoms with E-state index in [1.807, 2.05) is 6.92 Å². The molecule has 1 unspecified atom stereocenters. The maximum Gasteiger partial charge on any atom is 0.264 e. The lowest BCUT2D eigenvalue weighted by atomic mass is 9.95. The molecule has 1 saturated carbocycles. The molecule has 0 bridgehead atoms. The van der Waals surface area contributed by atoms with E-state index < -0.39 is 46.1 Å². The van der Waals surface area contributed by atoms with Gasteiger partial charge in [-0.2, -0.15) is 0 Å². The molecule has 10 heteroatoms. The zero-order valence-electron chi connectivity index (χ0n) is 23.2. The molecule has 0 saturated heterocycles. The zero-order chi connectivity index (χ0) is 29.6. The molecule has 1 fully saturated rings. The van der Waals surface area contributed by atoms with Crippen molar-refractivity contribution < 1.29 is 26.8 Å². The van der Waals surface area contributed by atoms with Gasteiger partial charge in [-0.3, -0.25) is 13.9 Å². The van der Waals surface area contributed by atoms with Gasteiger partial charge in [-0.1, -0.05) is 55.2 Å². The van der Waals surface area contributed by atoms with Crippen molar-refractivity contribution >= 4 is 27.5 Å². The SMILES string of the molecule is Cc1ccc(S(=O)(=O)N(CC(=O)N(Cc2ccccc2F)C(C)C(=O)NC2CCCCC2)c2ccc(F)cc2)cc1. The van der Waals surface area contributed by atoms with E-state index in [9.17, 15) is 26.8 Å². The Morgan fingerprint density at radius 3 is 2.20 bits per heavy atom. The van der Waals surface area contributed by atoms with Crippen LogP contribution in [0.15, 0.2) is 77.7 Å². The van der Waals surface area contributed by atoms with E-state index in [-0.39, 0.29) is 28.7 Å². The molecule has 3 aromatic carbocycles. The second-order valence-electron chi connectivity index (χ2n) is 10.4. The maximum absolute atomic E-state index is 14.7. The number of halogens is 2. The summed E-state index contributed by atoms with van der Waals surface area (Å²) in [6, 6.07) is 15.8. The summed E-state index contributed by atoms with van der Waals surface area (Å²) in [5.41, 5.74) is 1.11. The van der Waals surface area contributed by atoms with Gasteiger partial charge < -0.3 is 10.2 Å². The van der Waals surface area contributed by atoms with Gasteiger partial charge in [0.1, 0.15) is 24.2 Å². The van der Waals surface area contributed by atoms with Crippen LogP contribution in [0.4, 0.5) is 14.5 Å². The molecule has 7 nitrogen and oxygen atoms in total. The van der Waals surface area contributed by atoms with Gasteiger partial charge in [0.25, 0.3) is 10.0 Å². The van der Waals surface area contributed by atoms with Gasteiger partial charge in [0.05, 0.1) is 10.6 Å². The molecule has 1 aliphatic rings. The topological polar surface area (TPSA) is 86.8 Å². The third-order valence-corrected chi connectivity index (χ3v) is 9.21. The average molecular weight is 584 g/mol. The van der Waals surface area contributed by atoms with E-state index in [0.29, 0.717) is 0 Å². The van der Waals surface area contributed by atoms with Gasteiger partial charge in [0.2, 0.25) is 11.8 Å². The molecule has 0 aliphatic heterocycles. The first-order valence-electron chi connectivity index (χ1n) is 13.7. The van der Waals surface area contributed by atoms with E-state index in [2.05, 4.69) is 5.32 Å². The normalized spacial score (nSPS) is 14.7. The van der Waals surface area contributed by atoms with Crippen molar-refractivity contribution in [2.45, 2.75) is 69.5 Å². The number of amides is 2. The van der Waals surface area contributed by atoms with Gasteiger partial charge in [-0.05, 0) is 69.2 Å². The summed E-state index contributed by atoms with van der Waals surface area (Å²) in [6.07, 6.45) is 4.79. The molecule has 0 radical (unpaired) electrons. The minimum Gasteiger partial charge on any atom is -0.352 e. The third kappa shape index (κ3) is 7.49. The summed E-state index contributed by atoms with van der Waals surface area (Å²) in [4.78, 5) is 28.4. The lowest BCUT2D eigenvalue weighted by Crippen LogP contribution is -2.53. The van der Waals surface area contributed by atoms with E-state index in [0.717, 1.165) is 54.1 Å². The number of sulfonamides is 1. The van der Waals surface area contributed by atoms with Crippen molar-refractivity contribution in [2.24, 2.45) is 0 Å². The summed E-state index contributed by atoms with van der Waals surface area (Å²) in [7, 11) is -4.27. The van der Waals surface area contributed by atoms with Crippen molar-refractivity contribution in [3.63, 3.8) is 0 Å². The Hall–Kier alpha value is -3.79. The Morgan fingerprint density at radius 1 is 0.927 bits per heavy atom. The summed E-state index contributed by atoms with van der Waals surface area (Å²) >= 11 is 0. The Morgan fingerprint density at radius 2 is 1.56 bits per heavy atom. The van der Waals surface area contributed by atoms with Crippen LogP contribution in [-0.2, 0) is 26.2 Å². The fourth-order valence-electron chi connectivity index (χ4n) is 4.94. The number of hydrogen-bond donors (Lipinski definition) is 1. The molecular formula is C31H35F2N3O4S. The number of carbonyl (C=O) groups excluding carboxylic acids is 2. The Balaban J connectivity index is 1.68. The Bertz CT molecular complexity index is 1460. The molecule has 0 spiro atoms. The van der Waals surface area contributed by atoms with Crippen molar-refractivity contribution in [1.29, 1.82) is 0 Å². The van der Waals surface area contributed by atoms with Crippen LogP contribution in [-0.4, -0.2) is 43.8 Å². The van der Waals surface area contributed by atoms with Crippen LogP contribution in [0.25, 0.3) is 0 Å². The molecule has 1 aliphatic carbocycles. The highest BCUT2D eigenvalue weighted by molar-refractivity contribution is 7.92. The number of rotatable bonds is 10. The predicted octanol–water partition coefficient (Wildman–Crippen LogP) is 5.33. The minimum absolute atomic E-state index is 0.0123. The van der Waals surface area contributed by atoms with Crippen LogP contribution in [0.5, 0.6) is 0 Å². The minimum atomic E-state index is -4.27. The van der Waals surface area contributed by atoms with E-state index in [1.54, 1.807) is 25.1 Å². The van der Waals surface area contributed by atoms with Crippen LogP contribution in [0.1, 0.15) is 50.2 Å². The number of nitrogens with zero attached hydrogens (tertiary/aromatic N) is 2. The highest BCUT2D eigenvalue weighted by Crippen LogP contribution is 2.26. The molecule has 0 heterocycles. The largest absolute Gasteiger partial charge is 0.352 e. The second-order valence-corrected chi connectivity index (χ2v) is 12.3. The molecule has 3 aromatic rings. The van der Waals surface area contributed by atoms with Crippen LogP contribution >= 0.6 is 0 Å². The summed E-state index contributed by atoms with van der Waals surface area (Å²) in [5.74, 6) is -2.22. The smallest absolute Gasteiger partial charge is 0.264 e. The lowest BCUT2D eigenvalue weighted by Gasteiger charge is -2.33. The number of nitrogens with one attached hydrogen (secondary N) is 1. The number of carbonyl (C=O) groups is 2. The Kier molecular flexibility index (Phi) is 9.75. The highest BCUT2D eigenvalue weighted by atomic mass is 32.2. The first-order valence-corrected chi connectivity index (χ1v) is 15.2. The fraction of sp³-hybridized carbons (Fsp3) is 0.355. The number of aryl methyl sites for hydroxylation is 1. The fourth-order valence-corrected chi connectivity index (χ4v) is 6.35. The molecule has 2 amide bonds. The summed E-state index contributed by atoms with van der Waals surface area (Å²) in [6.45, 7) is 2.44. The van der Waals surface area contributed by atoms with Gasteiger partial charge in [-0.25, -0.2) is 17.2 Å². The molecule has 1 N–H and O–H groups in total. The van der Waals surface area contributed by atoms with Crippen LogP contribution in [0, 0.1) is 18.6 Å². The van der Waals surface area contributed by atoms with Gasteiger partial charge in [-0.15, -0.1) is 0 Å². The lowest BCUT2D eigenvalue weighted by molar-refractivity contribution is -0.139. The zero-order valence-corrected chi connectivity index (χ0v) is 24.0. The molecule has 41 heavy (non-hydrogen) atoms. The summed E-state index contributed by atoms with van der Waals surface area (Å²) < 4.78 is 56.9. The van der Waals surface area contributed by atoms with E-state index in [1.165, 1.54) is 47.4 Å². The van der Waals surface area contributed by atoms with Crippen LogP contribution in [0.3, 0.4) is 0 Å². The van der Waals surface area contributed by atoms with E-state index >= 15 is 0 Å². The highest BCUT2D eigenvalue weighted by Gasteiger charge is 2.33. The molecule has 0 aromatic heterocycles. The third-order valence-electron chi connectivity index (χ3n) is 7.42. The number of hydrogen-bond acceptors (Lipinski definition) is 4. The molecule has 1 atom stereocenters. The molecular weight excluding hydrogens is 548 g/mol. The van der Waals surface area contributed by atoms with Crippen molar-refractivity contribution in [2.75, 3.05) is 10.8 Å². The van der Waals surface area contributed by atoms with Crippen molar-refractivity contribution in [1.82, 2.24) is 10.2 Å². The van der Waals surface area contributed by atoms with Crippen molar-refractivity contribution in [3.8, 4) is 0 Å². The number of benzene rings is 3. The van der Waals surface area contributed by atoms with Crippen LogP contribution in [0.2, 0.25) is 0 Å². The van der Waals surface area contributed by atoms with Gasteiger partial charge >= 0.3 is 0 Å². The second kappa shape index (κ2) is 13.2. The molecule has 218 valence electrons. The first-order chi connectivity index (χ1) is 19.6. The standard InChI is InChI=1S/C31H35F2N3O4S/c1-22-12-18-28(19-13-22)41(39,40)36(27-16-14-25(32)15-17-27)21-30(37)35(20-24-8-6-7-11-29(24)33)23(2)31(38)34-26-9-4-3-5-10-26/h6-8,11-19,23,26H,3-5,9-10,20-21H2,1-2H3,(H,34,38). The van der Waals surface area contributed by atoms with E-state index in [4.69, 9.17) is 0 Å². The monoisotopic (exact) mass is 583 g/mol.